The average molecular weight is 1270 g/mol. The van der Waals surface area contributed by atoms with Crippen LogP contribution in [0.15, 0.2) is 140 Å². The maximum Gasteiger partial charge on any atom is 0.432 e. The minimum Gasteiger partial charge on any atom is -0.429 e. The Balaban J connectivity index is 0.000000151. The fraction of sp³-hybridized carbons (Fsp3) is 0.368. The first kappa shape index (κ1) is 66.5. The van der Waals surface area contributed by atoms with E-state index in [1.54, 1.807) is 12.1 Å². The molecule has 1 nitrogen and oxygen atoms in total. The molecule has 0 N–H and O–H groups in total. The molecular weight excluding hydrogens is 1190 g/mol. The molecule has 0 bridgehead atoms. The molecular formula is C76H72F14O. The fourth-order valence-electron chi connectivity index (χ4n) is 14.2. The number of alkyl halides is 2. The monoisotopic (exact) mass is 1270 g/mol. The van der Waals surface area contributed by atoms with Crippen LogP contribution in [0.1, 0.15) is 151 Å². The molecule has 4 aliphatic carbocycles. The van der Waals surface area contributed by atoms with E-state index < -0.39 is 87.2 Å². The van der Waals surface area contributed by atoms with Crippen molar-refractivity contribution in [3.63, 3.8) is 0 Å². The van der Waals surface area contributed by atoms with Crippen LogP contribution in [0.2, 0.25) is 0 Å². The van der Waals surface area contributed by atoms with Crippen LogP contribution >= 0.6 is 0 Å². The quantitative estimate of drug-likeness (QED) is 0.0926. The molecule has 0 aliphatic heterocycles. The van der Waals surface area contributed by atoms with E-state index in [2.05, 4.69) is 42.8 Å². The van der Waals surface area contributed by atoms with Crippen molar-refractivity contribution in [1.82, 2.24) is 0 Å². The molecule has 0 spiro atoms. The number of rotatable bonds is 11. The van der Waals surface area contributed by atoms with Gasteiger partial charge in [-0.1, -0.05) is 130 Å². The topological polar surface area (TPSA) is 9.23 Å². The van der Waals surface area contributed by atoms with Gasteiger partial charge in [-0.3, -0.25) is 0 Å². The lowest BCUT2D eigenvalue weighted by atomic mass is 9.68. The summed E-state index contributed by atoms with van der Waals surface area (Å²) in [5.74, 6) is -12.0. The Bertz CT molecular complexity index is 3540. The third kappa shape index (κ3) is 16.1. The summed E-state index contributed by atoms with van der Waals surface area (Å²) in [5, 5.41) is 0. The number of halogens is 14. The smallest absolute Gasteiger partial charge is 0.429 e. The Morgan fingerprint density at radius 1 is 0.308 bits per heavy atom. The molecule has 4 saturated carbocycles. The van der Waals surface area contributed by atoms with Gasteiger partial charge in [0.15, 0.2) is 52.4 Å². The van der Waals surface area contributed by atoms with E-state index in [1.165, 1.54) is 126 Å². The zero-order chi connectivity index (χ0) is 64.8. The lowest BCUT2D eigenvalue weighted by Crippen LogP contribution is -2.25. The van der Waals surface area contributed by atoms with Gasteiger partial charge < -0.3 is 4.74 Å². The Labute approximate surface area is 522 Å². The minimum atomic E-state index is -4.74. The summed E-state index contributed by atoms with van der Waals surface area (Å²) in [6, 6.07) is 32.3. The van der Waals surface area contributed by atoms with Crippen molar-refractivity contribution >= 4 is 0 Å². The van der Waals surface area contributed by atoms with Gasteiger partial charge in [-0.05, 0) is 224 Å². The van der Waals surface area contributed by atoms with Crippen molar-refractivity contribution in [3.8, 4) is 50.3 Å². The summed E-state index contributed by atoms with van der Waals surface area (Å²) < 4.78 is 197. The fourth-order valence-corrected chi connectivity index (χ4v) is 14.2. The first-order chi connectivity index (χ1) is 43.5. The standard InChI is InChI=1S/C26H14F8O.2C25H29F3/c1-13-2-4-14(5-3-13)15-6-7-18(19(27)8-15)16-9-20(28)24(21(29)10-16)26(33,34)35-17-11-22(30)25(32)23(31)12-17;2*1-16-2-4-17(5-3-16)18-6-8-19(9-7-18)20-10-12-21(13-11-20)22-14-23(26)25(28)24(27)15-22/h2-12H,1H3;2*10-19H,2-9H2,1H3. The summed E-state index contributed by atoms with van der Waals surface area (Å²) in [6.45, 7) is 6.64. The maximum atomic E-state index is 14.8. The minimum absolute atomic E-state index is 0.0987. The number of hydrogen-bond acceptors (Lipinski definition) is 1. The molecule has 4 fully saturated rings. The number of benzene rings is 8. The summed E-state index contributed by atoms with van der Waals surface area (Å²) in [7, 11) is 0. The lowest BCUT2D eigenvalue weighted by molar-refractivity contribution is -0.189. The molecule has 480 valence electrons. The van der Waals surface area contributed by atoms with E-state index in [1.807, 2.05) is 43.3 Å². The molecule has 0 atom stereocenters. The molecule has 0 saturated heterocycles. The third-order valence-corrected chi connectivity index (χ3v) is 19.6. The Morgan fingerprint density at radius 2 is 0.604 bits per heavy atom. The highest BCUT2D eigenvalue weighted by atomic mass is 19.3. The van der Waals surface area contributed by atoms with Gasteiger partial charge in [0.2, 0.25) is 0 Å². The summed E-state index contributed by atoms with van der Waals surface area (Å²) in [5.41, 5.74) is 4.47. The van der Waals surface area contributed by atoms with Crippen LogP contribution in [0.4, 0.5) is 61.5 Å². The Kier molecular flexibility index (Phi) is 21.2. The van der Waals surface area contributed by atoms with Crippen molar-refractivity contribution in [1.29, 1.82) is 0 Å². The average Bonchev–Trinajstić information content (AvgIpc) is 1.03. The summed E-state index contributed by atoms with van der Waals surface area (Å²) >= 11 is 0. The molecule has 0 heterocycles. The van der Waals surface area contributed by atoms with Gasteiger partial charge in [0.05, 0.1) is 0 Å². The highest BCUT2D eigenvalue weighted by Gasteiger charge is 2.42. The van der Waals surface area contributed by atoms with Gasteiger partial charge in [0.1, 0.15) is 28.8 Å². The first-order valence-corrected chi connectivity index (χ1v) is 31.6. The normalized spacial score (nSPS) is 21.9. The van der Waals surface area contributed by atoms with Gasteiger partial charge in [0, 0.05) is 17.7 Å². The van der Waals surface area contributed by atoms with E-state index in [0.29, 0.717) is 57.3 Å². The second-order valence-electron chi connectivity index (χ2n) is 25.7. The van der Waals surface area contributed by atoms with Gasteiger partial charge >= 0.3 is 6.11 Å². The SMILES string of the molecule is CC1CCC(C2CCC(c3ccc(-c4cc(F)c(F)c(F)c4)cc3)CC2)CC1.CC1CCC(C2CCC(c3ccc(-c4cc(F)c(F)c(F)c4)cc3)CC2)CC1.Cc1ccc(-c2ccc(-c3cc(F)c(C(F)(F)Oc4cc(F)c(F)c(F)c4)c(F)c3)c(F)c2)cc1. The highest BCUT2D eigenvalue weighted by molar-refractivity contribution is 5.72. The second kappa shape index (κ2) is 29.0. The zero-order valence-electron chi connectivity index (χ0n) is 50.9. The van der Waals surface area contributed by atoms with Crippen LogP contribution in [-0.2, 0) is 6.11 Å². The van der Waals surface area contributed by atoms with Gasteiger partial charge in [0.25, 0.3) is 0 Å². The van der Waals surface area contributed by atoms with Crippen LogP contribution in [0.25, 0.3) is 44.5 Å². The molecule has 15 heteroatoms. The predicted octanol–water partition coefficient (Wildman–Crippen LogP) is 24.0. The van der Waals surface area contributed by atoms with Gasteiger partial charge in [-0.15, -0.1) is 0 Å². The van der Waals surface area contributed by atoms with Crippen molar-refractivity contribution in [2.24, 2.45) is 35.5 Å². The third-order valence-electron chi connectivity index (χ3n) is 19.6. The Hall–Kier alpha value is -7.42. The van der Waals surface area contributed by atoms with Crippen LogP contribution in [-0.4, -0.2) is 0 Å². The molecule has 0 radical (unpaired) electrons. The number of aryl methyl sites for hydroxylation is 1. The van der Waals surface area contributed by atoms with Crippen LogP contribution in [0, 0.1) is 112 Å². The molecule has 4 aliphatic rings. The van der Waals surface area contributed by atoms with E-state index in [9.17, 15) is 61.5 Å². The van der Waals surface area contributed by atoms with Crippen LogP contribution < -0.4 is 4.74 Å². The largest absolute Gasteiger partial charge is 0.432 e. The second-order valence-corrected chi connectivity index (χ2v) is 25.7. The molecule has 0 aromatic heterocycles. The van der Waals surface area contributed by atoms with Crippen molar-refractivity contribution in [2.45, 2.75) is 141 Å². The van der Waals surface area contributed by atoms with E-state index >= 15 is 0 Å². The maximum absolute atomic E-state index is 14.8. The summed E-state index contributed by atoms with van der Waals surface area (Å²) in [4.78, 5) is 0. The van der Waals surface area contributed by atoms with Crippen molar-refractivity contribution in [3.05, 3.63) is 232 Å². The molecule has 0 amide bonds. The van der Waals surface area contributed by atoms with Crippen LogP contribution in [0.3, 0.4) is 0 Å². The Morgan fingerprint density at radius 3 is 0.967 bits per heavy atom. The zero-order valence-corrected chi connectivity index (χ0v) is 50.9. The van der Waals surface area contributed by atoms with E-state index in [-0.39, 0.29) is 23.3 Å². The van der Waals surface area contributed by atoms with E-state index in [0.717, 1.165) is 71.4 Å². The summed E-state index contributed by atoms with van der Waals surface area (Å²) in [6.07, 6.45) is 16.7. The molecule has 91 heavy (non-hydrogen) atoms. The molecule has 0 unspecified atom stereocenters. The van der Waals surface area contributed by atoms with Gasteiger partial charge in [-0.2, -0.15) is 8.78 Å². The first-order valence-electron chi connectivity index (χ1n) is 31.6. The number of ether oxygens (including phenoxy) is 1. The number of hydrogen-bond donors (Lipinski definition) is 0. The predicted molar refractivity (Wildman–Crippen MR) is 328 cm³/mol. The molecule has 8 aromatic carbocycles. The van der Waals surface area contributed by atoms with Gasteiger partial charge in [-0.25, -0.2) is 52.7 Å². The highest BCUT2D eigenvalue weighted by Crippen LogP contribution is 2.47. The molecule has 12 rings (SSSR count). The van der Waals surface area contributed by atoms with Crippen LogP contribution in [0.5, 0.6) is 5.75 Å². The lowest BCUT2D eigenvalue weighted by Gasteiger charge is -2.37. The van der Waals surface area contributed by atoms with E-state index in [4.69, 9.17) is 0 Å². The van der Waals surface area contributed by atoms with Crippen molar-refractivity contribution in [2.75, 3.05) is 0 Å². The van der Waals surface area contributed by atoms with Crippen molar-refractivity contribution < 1.29 is 66.2 Å². The molecule has 8 aromatic rings.